The van der Waals surface area contributed by atoms with Crippen molar-refractivity contribution in [2.24, 2.45) is 0 Å². The van der Waals surface area contributed by atoms with E-state index in [-0.39, 0.29) is 11.4 Å². The molecule has 8 nitrogen and oxygen atoms in total. The van der Waals surface area contributed by atoms with E-state index in [4.69, 9.17) is 20.8 Å². The number of para-hydroxylation sites is 2. The maximum absolute atomic E-state index is 12.3. The molecule has 4 rings (SSSR count). The SMILES string of the molecule is Cc1cc2nc(-c3cc(NC(=O)COc4ccccc4[N+](=O)[O-])ccc3Cl)oc2cc1C. The van der Waals surface area contributed by atoms with Crippen molar-refractivity contribution < 1.29 is 18.9 Å². The first-order chi connectivity index (χ1) is 15.3. The molecule has 0 aliphatic carbocycles. The lowest BCUT2D eigenvalue weighted by molar-refractivity contribution is -0.385. The number of amides is 1. The molecule has 1 heterocycles. The van der Waals surface area contributed by atoms with Crippen molar-refractivity contribution in [1.29, 1.82) is 0 Å². The number of anilines is 1. The second kappa shape index (κ2) is 8.68. The molecule has 0 fully saturated rings. The highest BCUT2D eigenvalue weighted by molar-refractivity contribution is 6.33. The van der Waals surface area contributed by atoms with Gasteiger partial charge >= 0.3 is 5.69 Å². The molecular formula is C23H18ClN3O5. The molecule has 1 amide bonds. The molecule has 0 aliphatic heterocycles. The number of rotatable bonds is 6. The Balaban J connectivity index is 1.52. The van der Waals surface area contributed by atoms with Crippen LogP contribution in [0.1, 0.15) is 11.1 Å². The minimum Gasteiger partial charge on any atom is -0.477 e. The van der Waals surface area contributed by atoms with Gasteiger partial charge in [-0.2, -0.15) is 0 Å². The minimum atomic E-state index is -0.567. The first-order valence-corrected chi connectivity index (χ1v) is 10.0. The van der Waals surface area contributed by atoms with Crippen LogP contribution in [0.4, 0.5) is 11.4 Å². The molecule has 4 aromatic rings. The Morgan fingerprint density at radius 3 is 2.69 bits per heavy atom. The number of ether oxygens (including phenoxy) is 1. The summed E-state index contributed by atoms with van der Waals surface area (Å²) in [5.41, 5.74) is 4.31. The maximum Gasteiger partial charge on any atom is 0.310 e. The van der Waals surface area contributed by atoms with Gasteiger partial charge in [-0.3, -0.25) is 14.9 Å². The normalized spacial score (nSPS) is 10.8. The van der Waals surface area contributed by atoms with E-state index >= 15 is 0 Å². The lowest BCUT2D eigenvalue weighted by Gasteiger charge is -2.09. The van der Waals surface area contributed by atoms with E-state index in [0.29, 0.717) is 33.3 Å². The number of fused-ring (bicyclic) bond motifs is 1. The number of nitro benzene ring substituents is 1. The monoisotopic (exact) mass is 451 g/mol. The van der Waals surface area contributed by atoms with E-state index in [0.717, 1.165) is 11.1 Å². The predicted octanol–water partition coefficient (Wildman–Crippen LogP) is 5.69. The van der Waals surface area contributed by atoms with Crippen LogP contribution in [-0.4, -0.2) is 22.4 Å². The fourth-order valence-corrected chi connectivity index (χ4v) is 3.33. The highest BCUT2D eigenvalue weighted by Gasteiger charge is 2.17. The Kier molecular flexibility index (Phi) is 5.79. The van der Waals surface area contributed by atoms with E-state index in [9.17, 15) is 14.9 Å². The van der Waals surface area contributed by atoms with Crippen LogP contribution in [0.15, 0.2) is 59.0 Å². The quantitative estimate of drug-likeness (QED) is 0.298. The van der Waals surface area contributed by atoms with E-state index in [1.54, 1.807) is 24.3 Å². The van der Waals surface area contributed by atoms with E-state index in [1.807, 2.05) is 26.0 Å². The van der Waals surface area contributed by atoms with Gasteiger partial charge in [0.1, 0.15) is 5.52 Å². The summed E-state index contributed by atoms with van der Waals surface area (Å²) in [7, 11) is 0. The van der Waals surface area contributed by atoms with Gasteiger partial charge in [0.15, 0.2) is 17.9 Å². The standard InChI is InChI=1S/C23H18ClN3O5/c1-13-9-18-21(10-14(13)2)32-23(26-18)16-11-15(7-8-17(16)24)25-22(28)12-31-20-6-4-3-5-19(20)27(29)30/h3-11H,12H2,1-2H3,(H,25,28). The van der Waals surface area contributed by atoms with Gasteiger partial charge in [-0.05, 0) is 61.4 Å². The Labute approximate surface area is 187 Å². The predicted molar refractivity (Wildman–Crippen MR) is 121 cm³/mol. The van der Waals surface area contributed by atoms with Crippen LogP contribution in [0.5, 0.6) is 5.75 Å². The zero-order valence-electron chi connectivity index (χ0n) is 17.2. The van der Waals surface area contributed by atoms with Crippen LogP contribution >= 0.6 is 11.6 Å². The van der Waals surface area contributed by atoms with Crippen LogP contribution in [0.2, 0.25) is 5.02 Å². The van der Waals surface area contributed by atoms with Crippen molar-refractivity contribution >= 4 is 40.0 Å². The highest BCUT2D eigenvalue weighted by Crippen LogP contribution is 2.33. The molecule has 0 bridgehead atoms. The van der Waals surface area contributed by atoms with Gasteiger partial charge in [-0.25, -0.2) is 4.98 Å². The molecule has 1 aromatic heterocycles. The van der Waals surface area contributed by atoms with Gasteiger partial charge in [0.25, 0.3) is 5.91 Å². The van der Waals surface area contributed by atoms with Crippen molar-refractivity contribution in [2.75, 3.05) is 11.9 Å². The summed E-state index contributed by atoms with van der Waals surface area (Å²) < 4.78 is 11.2. The molecule has 0 saturated carbocycles. The van der Waals surface area contributed by atoms with Crippen molar-refractivity contribution in [3.8, 4) is 17.2 Å². The summed E-state index contributed by atoms with van der Waals surface area (Å²) in [6, 6.07) is 14.6. The Hall–Kier alpha value is -3.91. The number of nitrogens with zero attached hydrogens (tertiary/aromatic N) is 2. The fourth-order valence-electron chi connectivity index (χ4n) is 3.13. The average Bonchev–Trinajstić information content (AvgIpc) is 3.16. The molecule has 3 aromatic carbocycles. The first-order valence-electron chi connectivity index (χ1n) is 9.65. The van der Waals surface area contributed by atoms with Crippen LogP contribution in [0, 0.1) is 24.0 Å². The van der Waals surface area contributed by atoms with Crippen molar-refractivity contribution in [3.63, 3.8) is 0 Å². The number of nitro groups is 1. The number of aromatic nitrogens is 1. The smallest absolute Gasteiger partial charge is 0.310 e. The Morgan fingerprint density at radius 1 is 1.16 bits per heavy atom. The summed E-state index contributed by atoms with van der Waals surface area (Å²) in [6.07, 6.45) is 0. The first kappa shape index (κ1) is 21.3. The van der Waals surface area contributed by atoms with E-state index < -0.39 is 17.4 Å². The van der Waals surface area contributed by atoms with Crippen molar-refractivity contribution in [3.05, 3.63) is 80.9 Å². The molecule has 1 N–H and O–H groups in total. The molecule has 162 valence electrons. The van der Waals surface area contributed by atoms with E-state index in [2.05, 4.69) is 10.3 Å². The number of benzene rings is 3. The molecule has 0 spiro atoms. The van der Waals surface area contributed by atoms with Crippen LogP contribution in [0.25, 0.3) is 22.6 Å². The number of carbonyl (C=O) groups is 1. The van der Waals surface area contributed by atoms with Gasteiger partial charge < -0.3 is 14.5 Å². The molecule has 0 unspecified atom stereocenters. The van der Waals surface area contributed by atoms with Crippen molar-refractivity contribution in [1.82, 2.24) is 4.98 Å². The number of halogens is 1. The number of hydrogen-bond acceptors (Lipinski definition) is 6. The fraction of sp³-hybridized carbons (Fsp3) is 0.130. The lowest BCUT2D eigenvalue weighted by atomic mass is 10.1. The number of aryl methyl sites for hydroxylation is 2. The average molecular weight is 452 g/mol. The summed E-state index contributed by atoms with van der Waals surface area (Å²) in [5, 5.41) is 14.2. The second-order valence-electron chi connectivity index (χ2n) is 7.18. The molecule has 0 atom stereocenters. The molecule has 0 saturated heterocycles. The van der Waals surface area contributed by atoms with Gasteiger partial charge in [0.05, 0.1) is 15.5 Å². The van der Waals surface area contributed by atoms with Gasteiger partial charge in [0.2, 0.25) is 5.89 Å². The van der Waals surface area contributed by atoms with Gasteiger partial charge in [0, 0.05) is 11.8 Å². The largest absolute Gasteiger partial charge is 0.477 e. The third kappa shape index (κ3) is 4.40. The molecule has 32 heavy (non-hydrogen) atoms. The number of nitrogens with one attached hydrogen (secondary N) is 1. The van der Waals surface area contributed by atoms with Gasteiger partial charge in [-0.15, -0.1) is 0 Å². The molecular weight excluding hydrogens is 434 g/mol. The topological polar surface area (TPSA) is 108 Å². The summed E-state index contributed by atoms with van der Waals surface area (Å²) in [6.45, 7) is 3.59. The summed E-state index contributed by atoms with van der Waals surface area (Å²) >= 11 is 6.34. The lowest BCUT2D eigenvalue weighted by Crippen LogP contribution is -2.20. The number of carbonyl (C=O) groups excluding carboxylic acids is 1. The summed E-state index contributed by atoms with van der Waals surface area (Å²) in [5.74, 6) is -0.135. The zero-order chi connectivity index (χ0) is 22.8. The minimum absolute atomic E-state index is 0.0153. The molecule has 0 radical (unpaired) electrons. The maximum atomic E-state index is 12.3. The third-order valence-corrected chi connectivity index (χ3v) is 5.23. The number of oxazole rings is 1. The second-order valence-corrected chi connectivity index (χ2v) is 7.59. The zero-order valence-corrected chi connectivity index (χ0v) is 18.0. The van der Waals surface area contributed by atoms with Crippen molar-refractivity contribution in [2.45, 2.75) is 13.8 Å². The molecule has 0 aliphatic rings. The van der Waals surface area contributed by atoms with Crippen LogP contribution < -0.4 is 10.1 Å². The number of hydrogen-bond donors (Lipinski definition) is 1. The van der Waals surface area contributed by atoms with Gasteiger partial charge in [-0.1, -0.05) is 23.7 Å². The highest BCUT2D eigenvalue weighted by atomic mass is 35.5. The Bertz CT molecular complexity index is 1310. The Morgan fingerprint density at radius 2 is 1.91 bits per heavy atom. The van der Waals surface area contributed by atoms with E-state index in [1.165, 1.54) is 18.2 Å². The molecule has 9 heteroatoms. The third-order valence-electron chi connectivity index (χ3n) is 4.91. The van der Waals surface area contributed by atoms with Crippen LogP contribution in [-0.2, 0) is 4.79 Å². The van der Waals surface area contributed by atoms with Crippen LogP contribution in [0.3, 0.4) is 0 Å². The summed E-state index contributed by atoms with van der Waals surface area (Å²) in [4.78, 5) is 27.3.